The molecule has 1 aliphatic heterocycles. The Morgan fingerprint density at radius 3 is 3.07 bits per heavy atom. The number of nitrogens with one attached hydrogen (secondary N) is 1. The fraction of sp³-hybridized carbons (Fsp3) is 0.667. The van der Waals surface area contributed by atoms with E-state index >= 15 is 0 Å². The zero-order valence-electron chi connectivity index (χ0n) is 8.11. The summed E-state index contributed by atoms with van der Waals surface area (Å²) in [6.45, 7) is 5.85. The van der Waals surface area contributed by atoms with Gasteiger partial charge in [0.1, 0.15) is 4.34 Å². The SMILES string of the molecule is c1csc(SCCN2CCNCC2)n1. The highest BCUT2D eigenvalue weighted by Gasteiger charge is 2.08. The van der Waals surface area contributed by atoms with Gasteiger partial charge in [0.25, 0.3) is 0 Å². The van der Waals surface area contributed by atoms with Gasteiger partial charge in [-0.1, -0.05) is 11.8 Å². The van der Waals surface area contributed by atoms with Crippen molar-refractivity contribution in [3.63, 3.8) is 0 Å². The predicted molar refractivity (Wildman–Crippen MR) is 62.1 cm³/mol. The molecule has 1 N–H and O–H groups in total. The smallest absolute Gasteiger partial charge is 0.149 e. The van der Waals surface area contributed by atoms with Crippen LogP contribution in [0.25, 0.3) is 0 Å². The first-order chi connectivity index (χ1) is 6.95. The molecule has 1 aliphatic rings. The number of aromatic nitrogens is 1. The van der Waals surface area contributed by atoms with Gasteiger partial charge in [-0.05, 0) is 0 Å². The van der Waals surface area contributed by atoms with Crippen molar-refractivity contribution in [2.45, 2.75) is 4.34 Å². The molecule has 0 radical (unpaired) electrons. The highest BCUT2D eigenvalue weighted by molar-refractivity contribution is 8.01. The zero-order valence-corrected chi connectivity index (χ0v) is 9.74. The molecule has 5 heteroatoms. The summed E-state index contributed by atoms with van der Waals surface area (Å²) in [5.41, 5.74) is 0. The lowest BCUT2D eigenvalue weighted by molar-refractivity contribution is 0.255. The Kier molecular flexibility index (Phi) is 4.24. The quantitative estimate of drug-likeness (QED) is 0.784. The summed E-state index contributed by atoms with van der Waals surface area (Å²) in [6.07, 6.45) is 1.87. The van der Waals surface area contributed by atoms with Gasteiger partial charge in [-0.15, -0.1) is 11.3 Å². The molecule has 0 aromatic carbocycles. The van der Waals surface area contributed by atoms with Crippen molar-refractivity contribution in [3.8, 4) is 0 Å². The molecule has 1 fully saturated rings. The van der Waals surface area contributed by atoms with Gasteiger partial charge in [0, 0.05) is 50.1 Å². The lowest BCUT2D eigenvalue weighted by atomic mass is 10.4. The van der Waals surface area contributed by atoms with Crippen molar-refractivity contribution >= 4 is 23.1 Å². The van der Waals surface area contributed by atoms with Crippen LogP contribution < -0.4 is 5.32 Å². The van der Waals surface area contributed by atoms with Crippen LogP contribution in [0.1, 0.15) is 0 Å². The Morgan fingerprint density at radius 1 is 1.50 bits per heavy atom. The van der Waals surface area contributed by atoms with Crippen LogP contribution in [0.3, 0.4) is 0 Å². The van der Waals surface area contributed by atoms with Crippen molar-refractivity contribution in [1.82, 2.24) is 15.2 Å². The van der Waals surface area contributed by atoms with Gasteiger partial charge < -0.3 is 5.32 Å². The Labute approximate surface area is 92.9 Å². The van der Waals surface area contributed by atoms with Crippen LogP contribution in [-0.4, -0.2) is 48.4 Å². The van der Waals surface area contributed by atoms with Gasteiger partial charge >= 0.3 is 0 Å². The monoisotopic (exact) mass is 229 g/mol. The molecule has 1 saturated heterocycles. The standard InChI is InChI=1S/C9H15N3S2/c1-4-12(5-2-10-1)6-8-14-9-11-3-7-13-9/h3,7,10H,1-2,4-6,8H2. The largest absolute Gasteiger partial charge is 0.314 e. The van der Waals surface area contributed by atoms with Crippen LogP contribution in [0.5, 0.6) is 0 Å². The third-order valence-electron chi connectivity index (χ3n) is 2.25. The van der Waals surface area contributed by atoms with Crippen LogP contribution in [0, 0.1) is 0 Å². The van der Waals surface area contributed by atoms with Crippen LogP contribution >= 0.6 is 23.1 Å². The van der Waals surface area contributed by atoms with E-state index in [9.17, 15) is 0 Å². The topological polar surface area (TPSA) is 28.2 Å². The number of piperazine rings is 1. The van der Waals surface area contributed by atoms with Crippen LogP contribution in [0.2, 0.25) is 0 Å². The van der Waals surface area contributed by atoms with E-state index in [0.717, 1.165) is 18.8 Å². The number of thiazole rings is 1. The first-order valence-electron chi connectivity index (χ1n) is 4.90. The van der Waals surface area contributed by atoms with E-state index in [0.29, 0.717) is 0 Å². The predicted octanol–water partition coefficient (Wildman–Crippen LogP) is 1.14. The van der Waals surface area contributed by atoms with Gasteiger partial charge in [0.2, 0.25) is 0 Å². The third kappa shape index (κ3) is 3.24. The van der Waals surface area contributed by atoms with Gasteiger partial charge in [0.05, 0.1) is 0 Å². The van der Waals surface area contributed by atoms with E-state index in [4.69, 9.17) is 0 Å². The number of nitrogens with zero attached hydrogens (tertiary/aromatic N) is 2. The Bertz CT molecular complexity index is 245. The summed E-state index contributed by atoms with van der Waals surface area (Å²) < 4.78 is 1.19. The molecule has 78 valence electrons. The summed E-state index contributed by atoms with van der Waals surface area (Å²) in [6, 6.07) is 0. The summed E-state index contributed by atoms with van der Waals surface area (Å²) in [7, 11) is 0. The fourth-order valence-corrected chi connectivity index (χ4v) is 3.19. The molecule has 0 amide bonds. The second-order valence-electron chi connectivity index (χ2n) is 3.24. The minimum atomic E-state index is 1.14. The third-order valence-corrected chi connectivity index (χ3v) is 4.20. The molecule has 2 heterocycles. The van der Waals surface area contributed by atoms with Crippen molar-refractivity contribution in [2.75, 3.05) is 38.5 Å². The zero-order chi connectivity index (χ0) is 9.64. The van der Waals surface area contributed by atoms with Gasteiger partial charge in [-0.25, -0.2) is 4.98 Å². The number of hydrogen-bond donors (Lipinski definition) is 1. The molecule has 0 unspecified atom stereocenters. The van der Waals surface area contributed by atoms with E-state index in [-0.39, 0.29) is 0 Å². The second-order valence-corrected chi connectivity index (χ2v) is 5.47. The maximum atomic E-state index is 4.25. The molecule has 3 nitrogen and oxygen atoms in total. The fourth-order valence-electron chi connectivity index (χ4n) is 1.48. The highest BCUT2D eigenvalue weighted by Crippen LogP contribution is 2.19. The molecule has 0 atom stereocenters. The van der Waals surface area contributed by atoms with E-state index in [1.165, 1.54) is 24.0 Å². The maximum Gasteiger partial charge on any atom is 0.149 e. The molecule has 0 bridgehead atoms. The maximum absolute atomic E-state index is 4.25. The van der Waals surface area contributed by atoms with Crippen LogP contribution in [0.15, 0.2) is 15.9 Å². The Hall–Kier alpha value is -0.100. The van der Waals surface area contributed by atoms with Crippen molar-refractivity contribution in [1.29, 1.82) is 0 Å². The molecule has 0 aliphatic carbocycles. The van der Waals surface area contributed by atoms with Crippen molar-refractivity contribution in [3.05, 3.63) is 11.6 Å². The molecule has 1 aromatic rings. The van der Waals surface area contributed by atoms with Gasteiger partial charge in [-0.2, -0.15) is 0 Å². The number of thioether (sulfide) groups is 1. The summed E-state index contributed by atoms with van der Waals surface area (Å²) in [5, 5.41) is 5.39. The average molecular weight is 229 g/mol. The summed E-state index contributed by atoms with van der Waals surface area (Å²) >= 11 is 3.60. The van der Waals surface area contributed by atoms with Crippen molar-refractivity contribution < 1.29 is 0 Å². The minimum absolute atomic E-state index is 1.14. The Balaban J connectivity index is 1.62. The van der Waals surface area contributed by atoms with Crippen LogP contribution in [-0.2, 0) is 0 Å². The minimum Gasteiger partial charge on any atom is -0.314 e. The first kappa shape index (κ1) is 10.4. The van der Waals surface area contributed by atoms with E-state index < -0.39 is 0 Å². The molecule has 1 aromatic heterocycles. The summed E-state index contributed by atoms with van der Waals surface area (Å²) in [4.78, 5) is 6.76. The lowest BCUT2D eigenvalue weighted by Gasteiger charge is -2.26. The molecule has 0 saturated carbocycles. The highest BCUT2D eigenvalue weighted by atomic mass is 32.2. The molecule has 0 spiro atoms. The van der Waals surface area contributed by atoms with Crippen molar-refractivity contribution in [2.24, 2.45) is 0 Å². The normalized spacial score (nSPS) is 18.6. The number of hydrogen-bond acceptors (Lipinski definition) is 5. The van der Waals surface area contributed by atoms with Crippen LogP contribution in [0.4, 0.5) is 0 Å². The van der Waals surface area contributed by atoms with Gasteiger partial charge in [-0.3, -0.25) is 4.90 Å². The molecular formula is C9H15N3S2. The van der Waals surface area contributed by atoms with E-state index in [1.807, 2.05) is 23.3 Å². The number of rotatable bonds is 4. The van der Waals surface area contributed by atoms with E-state index in [1.54, 1.807) is 11.3 Å². The average Bonchev–Trinajstić information content (AvgIpc) is 2.72. The summed E-state index contributed by atoms with van der Waals surface area (Å²) in [5.74, 6) is 1.16. The lowest BCUT2D eigenvalue weighted by Crippen LogP contribution is -2.44. The van der Waals surface area contributed by atoms with E-state index in [2.05, 4.69) is 15.2 Å². The molecule has 14 heavy (non-hydrogen) atoms. The Morgan fingerprint density at radius 2 is 2.36 bits per heavy atom. The first-order valence-corrected chi connectivity index (χ1v) is 6.77. The second kappa shape index (κ2) is 5.70. The molecular weight excluding hydrogens is 214 g/mol. The van der Waals surface area contributed by atoms with Gasteiger partial charge in [0.15, 0.2) is 0 Å². The molecule has 2 rings (SSSR count).